The third kappa shape index (κ3) is 2.06. The monoisotopic (exact) mass is 261 g/mol. The molecule has 0 spiro atoms. The molecular formula is C11H13ClFNOS. The zero-order valence-corrected chi connectivity index (χ0v) is 10.5. The van der Waals surface area contributed by atoms with Crippen molar-refractivity contribution in [1.29, 1.82) is 0 Å². The molecule has 88 valence electrons. The maximum Gasteiger partial charge on any atom is 0.219 e. The van der Waals surface area contributed by atoms with E-state index >= 15 is 0 Å². The number of halogens is 2. The summed E-state index contributed by atoms with van der Waals surface area (Å²) in [5.41, 5.74) is -0.902. The van der Waals surface area contributed by atoms with Gasteiger partial charge in [-0.25, -0.2) is 4.98 Å². The SMILES string of the molecule is CC1CSCCC1(O)c1cc(Cl)cnc1F. The standard InChI is InChI=1S/C11H13ClFNOS/c1-7-6-16-3-2-11(7,15)9-4-8(12)5-14-10(9)13/h4-5,7,15H,2-3,6H2,1H3. The van der Waals surface area contributed by atoms with Crippen molar-refractivity contribution in [2.75, 3.05) is 11.5 Å². The first-order valence-electron chi connectivity index (χ1n) is 5.15. The fourth-order valence-corrected chi connectivity index (χ4v) is 3.41. The first kappa shape index (κ1) is 12.1. The van der Waals surface area contributed by atoms with Crippen LogP contribution < -0.4 is 0 Å². The van der Waals surface area contributed by atoms with Crippen LogP contribution in [0.4, 0.5) is 4.39 Å². The number of nitrogens with zero attached hydrogens (tertiary/aromatic N) is 1. The zero-order chi connectivity index (χ0) is 11.8. The molecule has 0 aromatic carbocycles. The van der Waals surface area contributed by atoms with E-state index in [2.05, 4.69) is 4.98 Å². The molecule has 1 saturated heterocycles. The van der Waals surface area contributed by atoms with E-state index < -0.39 is 11.5 Å². The highest BCUT2D eigenvalue weighted by Gasteiger charge is 2.40. The Hall–Kier alpha value is -0.320. The second-order valence-electron chi connectivity index (χ2n) is 4.14. The Balaban J connectivity index is 2.44. The molecule has 16 heavy (non-hydrogen) atoms. The van der Waals surface area contributed by atoms with Gasteiger partial charge in [0.15, 0.2) is 0 Å². The molecule has 1 fully saturated rings. The number of thioether (sulfide) groups is 1. The Morgan fingerprint density at radius 3 is 3.12 bits per heavy atom. The Morgan fingerprint density at radius 1 is 1.69 bits per heavy atom. The van der Waals surface area contributed by atoms with Gasteiger partial charge < -0.3 is 5.11 Å². The second-order valence-corrected chi connectivity index (χ2v) is 5.73. The van der Waals surface area contributed by atoms with Crippen LogP contribution in [0.5, 0.6) is 0 Å². The van der Waals surface area contributed by atoms with Gasteiger partial charge in [-0.3, -0.25) is 0 Å². The Bertz CT molecular complexity index is 404. The van der Waals surface area contributed by atoms with Crippen molar-refractivity contribution >= 4 is 23.4 Å². The van der Waals surface area contributed by atoms with Gasteiger partial charge in [-0.2, -0.15) is 16.2 Å². The summed E-state index contributed by atoms with van der Waals surface area (Å²) in [5, 5.41) is 10.9. The molecule has 2 atom stereocenters. The van der Waals surface area contributed by atoms with Crippen LogP contribution in [0.25, 0.3) is 0 Å². The highest BCUT2D eigenvalue weighted by atomic mass is 35.5. The van der Waals surface area contributed by atoms with E-state index in [-0.39, 0.29) is 11.5 Å². The number of pyridine rings is 1. The minimum atomic E-state index is -1.13. The van der Waals surface area contributed by atoms with Gasteiger partial charge in [-0.15, -0.1) is 0 Å². The first-order chi connectivity index (χ1) is 7.54. The van der Waals surface area contributed by atoms with E-state index in [9.17, 15) is 9.50 Å². The third-order valence-electron chi connectivity index (χ3n) is 3.08. The Morgan fingerprint density at radius 2 is 2.44 bits per heavy atom. The normalized spacial score (nSPS) is 30.4. The van der Waals surface area contributed by atoms with E-state index in [1.807, 2.05) is 6.92 Å². The lowest BCUT2D eigenvalue weighted by Gasteiger charge is -2.38. The summed E-state index contributed by atoms with van der Waals surface area (Å²) in [5.74, 6) is 1.03. The molecule has 2 rings (SSSR count). The molecule has 0 aliphatic carbocycles. The van der Waals surface area contributed by atoms with Gasteiger partial charge in [0.1, 0.15) is 0 Å². The number of hydrogen-bond acceptors (Lipinski definition) is 3. The van der Waals surface area contributed by atoms with Gasteiger partial charge in [0.05, 0.1) is 10.6 Å². The summed E-state index contributed by atoms with van der Waals surface area (Å²) in [4.78, 5) is 3.57. The number of rotatable bonds is 1. The average molecular weight is 262 g/mol. The topological polar surface area (TPSA) is 33.1 Å². The molecule has 1 N–H and O–H groups in total. The molecule has 0 amide bonds. The maximum absolute atomic E-state index is 13.6. The summed E-state index contributed by atoms with van der Waals surface area (Å²) in [6.07, 6.45) is 1.80. The fraction of sp³-hybridized carbons (Fsp3) is 0.545. The highest BCUT2D eigenvalue weighted by molar-refractivity contribution is 7.99. The number of aliphatic hydroxyl groups is 1. The Labute approximate surface area is 103 Å². The van der Waals surface area contributed by atoms with Gasteiger partial charge in [0, 0.05) is 11.8 Å². The smallest absolute Gasteiger partial charge is 0.219 e. The molecule has 5 heteroatoms. The summed E-state index contributed by atoms with van der Waals surface area (Å²) in [6.45, 7) is 1.92. The van der Waals surface area contributed by atoms with Crippen molar-refractivity contribution < 1.29 is 9.50 Å². The highest BCUT2D eigenvalue weighted by Crippen LogP contribution is 2.41. The zero-order valence-electron chi connectivity index (χ0n) is 8.91. The minimum absolute atomic E-state index is 0.000941. The van der Waals surface area contributed by atoms with Crippen LogP contribution in [0.1, 0.15) is 18.9 Å². The summed E-state index contributed by atoms with van der Waals surface area (Å²) < 4.78 is 13.6. The van der Waals surface area contributed by atoms with E-state index in [1.165, 1.54) is 12.3 Å². The van der Waals surface area contributed by atoms with E-state index in [0.717, 1.165) is 11.5 Å². The van der Waals surface area contributed by atoms with Crippen LogP contribution in [0, 0.1) is 11.9 Å². The van der Waals surface area contributed by atoms with Crippen molar-refractivity contribution in [3.8, 4) is 0 Å². The van der Waals surface area contributed by atoms with Crippen molar-refractivity contribution in [3.05, 3.63) is 28.8 Å². The number of hydrogen-bond donors (Lipinski definition) is 1. The van der Waals surface area contributed by atoms with E-state index in [4.69, 9.17) is 11.6 Å². The lowest BCUT2D eigenvalue weighted by molar-refractivity contribution is -0.0179. The molecule has 0 saturated carbocycles. The molecule has 2 nitrogen and oxygen atoms in total. The molecule has 1 aromatic heterocycles. The molecule has 1 aliphatic rings. The van der Waals surface area contributed by atoms with Crippen LogP contribution >= 0.6 is 23.4 Å². The quantitative estimate of drug-likeness (QED) is 0.789. The maximum atomic E-state index is 13.6. The van der Waals surface area contributed by atoms with Gasteiger partial charge in [-0.1, -0.05) is 18.5 Å². The fourth-order valence-electron chi connectivity index (χ4n) is 2.00. The third-order valence-corrected chi connectivity index (χ3v) is 4.52. The lowest BCUT2D eigenvalue weighted by atomic mass is 9.81. The van der Waals surface area contributed by atoms with Crippen molar-refractivity contribution in [2.24, 2.45) is 5.92 Å². The van der Waals surface area contributed by atoms with Gasteiger partial charge in [0.2, 0.25) is 5.95 Å². The molecular weight excluding hydrogens is 249 g/mol. The first-order valence-corrected chi connectivity index (χ1v) is 6.69. The van der Waals surface area contributed by atoms with Crippen molar-refractivity contribution in [1.82, 2.24) is 4.98 Å². The van der Waals surface area contributed by atoms with Crippen LogP contribution in [0.3, 0.4) is 0 Å². The number of aromatic nitrogens is 1. The van der Waals surface area contributed by atoms with Crippen LogP contribution in [-0.2, 0) is 5.60 Å². The predicted octanol–water partition coefficient (Wildman–Crippen LogP) is 2.83. The molecule has 1 aromatic rings. The van der Waals surface area contributed by atoms with Crippen molar-refractivity contribution in [3.63, 3.8) is 0 Å². The summed E-state index contributed by atoms with van der Waals surface area (Å²) in [6, 6.07) is 1.48. The average Bonchev–Trinajstić information content (AvgIpc) is 2.26. The minimum Gasteiger partial charge on any atom is -0.385 e. The van der Waals surface area contributed by atoms with E-state index in [0.29, 0.717) is 11.4 Å². The van der Waals surface area contributed by atoms with Gasteiger partial charge >= 0.3 is 0 Å². The van der Waals surface area contributed by atoms with Crippen LogP contribution in [-0.4, -0.2) is 21.6 Å². The molecule has 0 radical (unpaired) electrons. The van der Waals surface area contributed by atoms with Gasteiger partial charge in [0.25, 0.3) is 0 Å². The molecule has 0 bridgehead atoms. The summed E-state index contributed by atoms with van der Waals surface area (Å²) in [7, 11) is 0. The predicted molar refractivity (Wildman–Crippen MR) is 64.2 cm³/mol. The Kier molecular flexibility index (Phi) is 3.42. The van der Waals surface area contributed by atoms with Crippen molar-refractivity contribution in [2.45, 2.75) is 18.9 Å². The largest absolute Gasteiger partial charge is 0.385 e. The lowest BCUT2D eigenvalue weighted by Crippen LogP contribution is -2.39. The van der Waals surface area contributed by atoms with Crippen LogP contribution in [0.15, 0.2) is 12.3 Å². The molecule has 1 aliphatic heterocycles. The molecule has 2 unspecified atom stereocenters. The molecule has 2 heterocycles. The van der Waals surface area contributed by atoms with Gasteiger partial charge in [-0.05, 0) is 29.9 Å². The summed E-state index contributed by atoms with van der Waals surface area (Å²) >= 11 is 7.57. The van der Waals surface area contributed by atoms with E-state index in [1.54, 1.807) is 11.8 Å². The van der Waals surface area contributed by atoms with Crippen LogP contribution in [0.2, 0.25) is 5.02 Å². The second kappa shape index (κ2) is 4.51.